The van der Waals surface area contributed by atoms with Crippen molar-refractivity contribution >= 4 is 15.7 Å². The van der Waals surface area contributed by atoms with Crippen LogP contribution in [0.2, 0.25) is 0 Å². The fourth-order valence-corrected chi connectivity index (χ4v) is 4.38. The second-order valence-corrected chi connectivity index (χ2v) is 9.81. The van der Waals surface area contributed by atoms with E-state index in [1.54, 1.807) is 12.1 Å². The maximum absolute atomic E-state index is 11.4. The van der Waals surface area contributed by atoms with Crippen LogP contribution in [-0.2, 0) is 10.0 Å². The SMILES string of the molecule is CS(=O)(=O)Nc1cc(OC[C@@H](O)CNC2CCC(c3ccc(O)cc3)CC2)ccc1O. The van der Waals surface area contributed by atoms with Crippen molar-refractivity contribution in [1.82, 2.24) is 5.32 Å². The number of nitrogens with one attached hydrogen (secondary N) is 2. The zero-order valence-electron chi connectivity index (χ0n) is 17.5. The highest BCUT2D eigenvalue weighted by atomic mass is 32.2. The summed E-state index contributed by atoms with van der Waals surface area (Å²) in [6.07, 6.45) is 4.40. The monoisotopic (exact) mass is 450 g/mol. The fourth-order valence-electron chi connectivity index (χ4n) is 3.82. The largest absolute Gasteiger partial charge is 0.508 e. The van der Waals surface area contributed by atoms with E-state index < -0.39 is 16.1 Å². The van der Waals surface area contributed by atoms with Crippen LogP contribution in [0.4, 0.5) is 5.69 Å². The number of aromatic hydroxyl groups is 2. The Labute approximate surface area is 182 Å². The number of ether oxygens (including phenoxy) is 1. The Balaban J connectivity index is 1.40. The number of anilines is 1. The first kappa shape index (κ1) is 23.2. The van der Waals surface area contributed by atoms with E-state index in [0.717, 1.165) is 31.9 Å². The molecule has 0 bridgehead atoms. The standard InChI is InChI=1S/C22H30N2O6S/c1-31(28,29)24-21-12-20(10-11-22(21)27)30-14-19(26)13-23-17-6-2-15(3-7-17)16-4-8-18(25)9-5-16/h4-5,8-12,15,17,19,23-27H,2-3,6-7,13-14H2,1H3/t15?,17?,19-/m0/s1. The van der Waals surface area contributed by atoms with E-state index in [2.05, 4.69) is 10.0 Å². The van der Waals surface area contributed by atoms with Crippen molar-refractivity contribution in [2.24, 2.45) is 0 Å². The third-order valence-electron chi connectivity index (χ3n) is 5.44. The molecule has 2 aromatic carbocycles. The number of aliphatic hydroxyl groups is 1. The van der Waals surface area contributed by atoms with Gasteiger partial charge in [-0.1, -0.05) is 12.1 Å². The van der Waals surface area contributed by atoms with Crippen LogP contribution in [0.3, 0.4) is 0 Å². The molecule has 1 atom stereocenters. The molecule has 9 heteroatoms. The van der Waals surface area contributed by atoms with E-state index in [4.69, 9.17) is 4.74 Å². The van der Waals surface area contributed by atoms with Gasteiger partial charge in [0.2, 0.25) is 10.0 Å². The van der Waals surface area contributed by atoms with Crippen LogP contribution < -0.4 is 14.8 Å². The average Bonchev–Trinajstić information content (AvgIpc) is 2.73. The molecule has 0 spiro atoms. The lowest BCUT2D eigenvalue weighted by Crippen LogP contribution is -2.39. The summed E-state index contributed by atoms with van der Waals surface area (Å²) in [5.41, 5.74) is 1.28. The summed E-state index contributed by atoms with van der Waals surface area (Å²) >= 11 is 0. The highest BCUT2D eigenvalue weighted by molar-refractivity contribution is 7.92. The van der Waals surface area contributed by atoms with E-state index in [0.29, 0.717) is 24.3 Å². The Bertz CT molecular complexity index is 956. The first-order valence-electron chi connectivity index (χ1n) is 10.3. The molecule has 3 rings (SSSR count). The van der Waals surface area contributed by atoms with Gasteiger partial charge >= 0.3 is 0 Å². The molecule has 170 valence electrons. The first-order chi connectivity index (χ1) is 14.7. The lowest BCUT2D eigenvalue weighted by atomic mass is 9.81. The summed E-state index contributed by atoms with van der Waals surface area (Å²) in [6, 6.07) is 12.0. The van der Waals surface area contributed by atoms with Gasteiger partial charge in [-0.3, -0.25) is 4.72 Å². The number of benzene rings is 2. The van der Waals surface area contributed by atoms with Gasteiger partial charge in [0.25, 0.3) is 0 Å². The maximum Gasteiger partial charge on any atom is 0.229 e. The highest BCUT2D eigenvalue weighted by Crippen LogP contribution is 2.33. The van der Waals surface area contributed by atoms with Gasteiger partial charge in [0.15, 0.2) is 0 Å². The van der Waals surface area contributed by atoms with Gasteiger partial charge in [0, 0.05) is 18.7 Å². The molecule has 1 fully saturated rings. The molecule has 0 saturated heterocycles. The number of sulfonamides is 1. The van der Waals surface area contributed by atoms with Gasteiger partial charge in [-0.25, -0.2) is 8.42 Å². The number of phenols is 2. The van der Waals surface area contributed by atoms with Crippen LogP contribution >= 0.6 is 0 Å². The molecule has 0 aliphatic heterocycles. The molecule has 1 aliphatic carbocycles. The normalized spacial score (nSPS) is 20.2. The predicted octanol–water partition coefficient (Wildman–Crippen LogP) is 2.53. The Kier molecular flexibility index (Phi) is 7.64. The summed E-state index contributed by atoms with van der Waals surface area (Å²) in [6.45, 7) is 0.431. The molecule has 1 saturated carbocycles. The van der Waals surface area contributed by atoms with E-state index in [1.165, 1.54) is 23.8 Å². The number of rotatable bonds is 9. The Morgan fingerprint density at radius 3 is 2.39 bits per heavy atom. The van der Waals surface area contributed by atoms with Crippen LogP contribution in [0.15, 0.2) is 42.5 Å². The van der Waals surface area contributed by atoms with Gasteiger partial charge in [-0.05, 0) is 61.4 Å². The van der Waals surface area contributed by atoms with Crippen molar-refractivity contribution in [2.75, 3.05) is 24.1 Å². The molecule has 1 aliphatic rings. The molecule has 0 radical (unpaired) electrons. The van der Waals surface area contributed by atoms with E-state index >= 15 is 0 Å². The molecular formula is C22H30N2O6S. The molecule has 5 N–H and O–H groups in total. The van der Waals surface area contributed by atoms with E-state index in [1.807, 2.05) is 12.1 Å². The smallest absolute Gasteiger partial charge is 0.229 e. The second kappa shape index (κ2) is 10.2. The van der Waals surface area contributed by atoms with Gasteiger partial charge in [0.1, 0.15) is 30.0 Å². The zero-order valence-corrected chi connectivity index (χ0v) is 18.3. The number of hydrogen-bond acceptors (Lipinski definition) is 7. The summed E-state index contributed by atoms with van der Waals surface area (Å²) in [5, 5.41) is 32.8. The number of hydrogen-bond donors (Lipinski definition) is 5. The molecule has 0 unspecified atom stereocenters. The van der Waals surface area contributed by atoms with Crippen LogP contribution in [0.25, 0.3) is 0 Å². The van der Waals surface area contributed by atoms with Gasteiger partial charge in [-0.15, -0.1) is 0 Å². The molecule has 0 heterocycles. The number of aliphatic hydroxyl groups excluding tert-OH is 1. The van der Waals surface area contributed by atoms with Crippen molar-refractivity contribution < 1.29 is 28.5 Å². The number of phenolic OH excluding ortho intramolecular Hbond substituents is 2. The molecule has 0 amide bonds. The molecular weight excluding hydrogens is 420 g/mol. The third-order valence-corrected chi connectivity index (χ3v) is 6.03. The summed E-state index contributed by atoms with van der Waals surface area (Å²) in [4.78, 5) is 0. The summed E-state index contributed by atoms with van der Waals surface area (Å²) in [7, 11) is -3.53. The molecule has 31 heavy (non-hydrogen) atoms. The first-order valence-corrected chi connectivity index (χ1v) is 12.2. The van der Waals surface area contributed by atoms with E-state index in [9.17, 15) is 23.7 Å². The van der Waals surface area contributed by atoms with Crippen molar-refractivity contribution in [3.63, 3.8) is 0 Å². The third kappa shape index (κ3) is 7.30. The minimum atomic E-state index is -3.53. The Morgan fingerprint density at radius 1 is 1.06 bits per heavy atom. The second-order valence-electron chi connectivity index (χ2n) is 8.07. The fraction of sp³-hybridized carbons (Fsp3) is 0.455. The quantitative estimate of drug-likeness (QED) is 0.371. The van der Waals surface area contributed by atoms with Gasteiger partial charge < -0.3 is 25.4 Å². The lowest BCUT2D eigenvalue weighted by molar-refractivity contribution is 0.101. The molecule has 2 aromatic rings. The average molecular weight is 451 g/mol. The van der Waals surface area contributed by atoms with Crippen molar-refractivity contribution in [2.45, 2.75) is 43.7 Å². The van der Waals surface area contributed by atoms with Crippen LogP contribution in [0.5, 0.6) is 17.2 Å². The Hall–Kier alpha value is -2.49. The summed E-state index contributed by atoms with van der Waals surface area (Å²) < 4.78 is 30.5. The van der Waals surface area contributed by atoms with Crippen molar-refractivity contribution in [3.8, 4) is 17.2 Å². The Morgan fingerprint density at radius 2 is 1.74 bits per heavy atom. The van der Waals surface area contributed by atoms with Crippen LogP contribution in [0.1, 0.15) is 37.2 Å². The zero-order chi connectivity index (χ0) is 22.4. The van der Waals surface area contributed by atoms with Gasteiger partial charge in [-0.2, -0.15) is 0 Å². The highest BCUT2D eigenvalue weighted by Gasteiger charge is 2.22. The predicted molar refractivity (Wildman–Crippen MR) is 119 cm³/mol. The lowest BCUT2D eigenvalue weighted by Gasteiger charge is -2.30. The minimum absolute atomic E-state index is 0.0259. The van der Waals surface area contributed by atoms with Gasteiger partial charge in [0.05, 0.1) is 11.9 Å². The molecule has 0 aromatic heterocycles. The molecule has 8 nitrogen and oxygen atoms in total. The topological polar surface area (TPSA) is 128 Å². The van der Waals surface area contributed by atoms with Crippen molar-refractivity contribution in [3.05, 3.63) is 48.0 Å². The summed E-state index contributed by atoms with van der Waals surface area (Å²) in [5.74, 6) is 0.918. The van der Waals surface area contributed by atoms with E-state index in [-0.39, 0.29) is 23.8 Å². The van der Waals surface area contributed by atoms with Crippen LogP contribution in [0, 0.1) is 0 Å². The minimum Gasteiger partial charge on any atom is -0.508 e. The maximum atomic E-state index is 11.4. The van der Waals surface area contributed by atoms with Crippen molar-refractivity contribution in [1.29, 1.82) is 0 Å². The van der Waals surface area contributed by atoms with Crippen LogP contribution in [-0.4, -0.2) is 55.3 Å².